The fourth-order valence-corrected chi connectivity index (χ4v) is 3.55. The highest BCUT2D eigenvalue weighted by atomic mass is 16.2. The van der Waals surface area contributed by atoms with Crippen molar-refractivity contribution in [2.45, 2.75) is 59.5 Å². The number of aryl methyl sites for hydroxylation is 1. The summed E-state index contributed by atoms with van der Waals surface area (Å²) in [6.45, 7) is 8.60. The van der Waals surface area contributed by atoms with Gasteiger partial charge in [-0.1, -0.05) is 39.0 Å². The SMILES string of the molecule is CC/C=C(\NC)c1cc(C(=O)NC2CC2)cn(Cc2nccc(C)c2/C=C\C(C)C)c1=O. The molecule has 3 rings (SSSR count). The minimum atomic E-state index is -0.149. The van der Waals surface area contributed by atoms with E-state index in [-0.39, 0.29) is 17.5 Å². The summed E-state index contributed by atoms with van der Waals surface area (Å²) in [5.74, 6) is 0.259. The number of rotatable bonds is 9. The Morgan fingerprint density at radius 2 is 2.09 bits per heavy atom. The number of aromatic nitrogens is 2. The Kier molecular flexibility index (Phi) is 7.67. The number of carbonyl (C=O) groups excluding carboxylic acids is 1. The Labute approximate surface area is 190 Å². The van der Waals surface area contributed by atoms with Crippen molar-refractivity contribution in [1.29, 1.82) is 0 Å². The second-order valence-electron chi connectivity index (χ2n) is 8.69. The lowest BCUT2D eigenvalue weighted by atomic mass is 10.0. The van der Waals surface area contributed by atoms with Crippen molar-refractivity contribution in [2.24, 2.45) is 5.92 Å². The zero-order valence-corrected chi connectivity index (χ0v) is 19.7. The van der Waals surface area contributed by atoms with E-state index in [1.807, 2.05) is 26.0 Å². The molecule has 0 saturated heterocycles. The van der Waals surface area contributed by atoms with Gasteiger partial charge in [-0.3, -0.25) is 14.6 Å². The van der Waals surface area contributed by atoms with E-state index >= 15 is 0 Å². The first-order valence-electron chi connectivity index (χ1n) is 11.4. The lowest BCUT2D eigenvalue weighted by molar-refractivity contribution is 0.0950. The van der Waals surface area contributed by atoms with Gasteiger partial charge in [-0.25, -0.2) is 0 Å². The smallest absolute Gasteiger partial charge is 0.260 e. The maximum atomic E-state index is 13.4. The van der Waals surface area contributed by atoms with Gasteiger partial charge in [0.2, 0.25) is 0 Å². The summed E-state index contributed by atoms with van der Waals surface area (Å²) in [5.41, 5.74) is 4.47. The van der Waals surface area contributed by atoms with Gasteiger partial charge in [-0.05, 0) is 49.8 Å². The molecule has 0 radical (unpaired) electrons. The molecule has 0 spiro atoms. The molecule has 0 atom stereocenters. The van der Waals surface area contributed by atoms with Crippen LogP contribution >= 0.6 is 0 Å². The zero-order valence-electron chi connectivity index (χ0n) is 19.7. The molecule has 2 heterocycles. The van der Waals surface area contributed by atoms with Crippen LogP contribution in [-0.2, 0) is 6.54 Å². The fraction of sp³-hybridized carbons (Fsp3) is 0.423. The maximum Gasteiger partial charge on any atom is 0.260 e. The highest BCUT2D eigenvalue weighted by Crippen LogP contribution is 2.20. The van der Waals surface area contributed by atoms with Crippen LogP contribution in [0.15, 0.2) is 41.5 Å². The third-order valence-electron chi connectivity index (χ3n) is 5.49. The maximum absolute atomic E-state index is 13.4. The van der Waals surface area contributed by atoms with Gasteiger partial charge >= 0.3 is 0 Å². The Balaban J connectivity index is 2.09. The predicted octanol–water partition coefficient (Wildman–Crippen LogP) is 4.13. The molecule has 0 aromatic carbocycles. The Hall–Kier alpha value is -3.15. The van der Waals surface area contributed by atoms with Crippen LogP contribution in [-0.4, -0.2) is 28.5 Å². The summed E-state index contributed by atoms with van der Waals surface area (Å²) in [5, 5.41) is 6.14. The predicted molar refractivity (Wildman–Crippen MR) is 130 cm³/mol. The summed E-state index contributed by atoms with van der Waals surface area (Å²) in [7, 11) is 1.79. The zero-order chi connectivity index (χ0) is 23.3. The van der Waals surface area contributed by atoms with Crippen molar-refractivity contribution < 1.29 is 4.79 Å². The molecular formula is C26H34N4O2. The van der Waals surface area contributed by atoms with Crippen LogP contribution in [0.5, 0.6) is 0 Å². The molecule has 1 aliphatic rings. The minimum Gasteiger partial charge on any atom is -0.388 e. The number of nitrogens with zero attached hydrogens (tertiary/aromatic N) is 2. The summed E-state index contributed by atoms with van der Waals surface area (Å²) in [4.78, 5) is 30.8. The van der Waals surface area contributed by atoms with Gasteiger partial charge in [0, 0.05) is 36.7 Å². The van der Waals surface area contributed by atoms with Crippen LogP contribution in [0.4, 0.5) is 0 Å². The number of hydrogen-bond donors (Lipinski definition) is 2. The van der Waals surface area contributed by atoms with E-state index in [9.17, 15) is 9.59 Å². The number of carbonyl (C=O) groups is 1. The first kappa shape index (κ1) is 23.5. The molecule has 2 aromatic rings. The summed E-state index contributed by atoms with van der Waals surface area (Å²) >= 11 is 0. The molecule has 1 amide bonds. The minimum absolute atomic E-state index is 0.147. The van der Waals surface area contributed by atoms with E-state index in [0.29, 0.717) is 23.6 Å². The van der Waals surface area contributed by atoms with Gasteiger partial charge < -0.3 is 15.2 Å². The Morgan fingerprint density at radius 3 is 2.72 bits per heavy atom. The lowest BCUT2D eigenvalue weighted by Crippen LogP contribution is -2.31. The highest BCUT2D eigenvalue weighted by molar-refractivity contribution is 5.95. The van der Waals surface area contributed by atoms with Crippen LogP contribution in [0, 0.1) is 12.8 Å². The van der Waals surface area contributed by atoms with E-state index in [2.05, 4.69) is 41.6 Å². The molecule has 0 bridgehead atoms. The largest absolute Gasteiger partial charge is 0.388 e. The number of hydrogen-bond acceptors (Lipinski definition) is 4. The Bertz CT molecular complexity index is 1090. The van der Waals surface area contributed by atoms with Gasteiger partial charge in [0.1, 0.15) is 0 Å². The van der Waals surface area contributed by atoms with Crippen molar-refractivity contribution in [3.8, 4) is 0 Å². The van der Waals surface area contributed by atoms with Crippen LogP contribution in [0.1, 0.15) is 72.8 Å². The second kappa shape index (κ2) is 10.4. The average Bonchev–Trinajstić information content (AvgIpc) is 3.57. The van der Waals surface area contributed by atoms with Crippen molar-refractivity contribution in [3.63, 3.8) is 0 Å². The first-order valence-corrected chi connectivity index (χ1v) is 11.4. The number of amides is 1. The third kappa shape index (κ3) is 5.75. The standard InChI is InChI=1S/C26H34N4O2/c1-6-7-23(27-5)22-14-19(25(31)29-20-9-10-20)15-30(26(22)32)16-24-21(11-8-17(2)3)18(4)12-13-28-24/h7-8,11-15,17,20,27H,6,9-10,16H2,1-5H3,(H,29,31)/b11-8-,23-7-. The van der Waals surface area contributed by atoms with Crippen molar-refractivity contribution in [1.82, 2.24) is 20.2 Å². The highest BCUT2D eigenvalue weighted by Gasteiger charge is 2.25. The molecule has 1 aliphatic carbocycles. The van der Waals surface area contributed by atoms with Gasteiger partial charge in [0.05, 0.1) is 23.4 Å². The normalized spacial score (nSPS) is 14.2. The van der Waals surface area contributed by atoms with Crippen LogP contribution in [0.2, 0.25) is 0 Å². The molecule has 1 fully saturated rings. The molecule has 2 aromatic heterocycles. The molecule has 0 aliphatic heterocycles. The molecular weight excluding hydrogens is 400 g/mol. The Morgan fingerprint density at radius 1 is 1.34 bits per heavy atom. The molecule has 170 valence electrons. The van der Waals surface area contributed by atoms with E-state index in [0.717, 1.165) is 41.8 Å². The van der Waals surface area contributed by atoms with Crippen molar-refractivity contribution in [3.05, 3.63) is 75.0 Å². The summed E-state index contributed by atoms with van der Waals surface area (Å²) in [6, 6.07) is 3.91. The first-order chi connectivity index (χ1) is 15.3. The topological polar surface area (TPSA) is 76.0 Å². The summed E-state index contributed by atoms with van der Waals surface area (Å²) in [6.07, 6.45) is 12.4. The fourth-order valence-electron chi connectivity index (χ4n) is 3.55. The molecule has 1 saturated carbocycles. The van der Waals surface area contributed by atoms with E-state index in [1.54, 1.807) is 30.1 Å². The van der Waals surface area contributed by atoms with Crippen molar-refractivity contribution >= 4 is 17.7 Å². The number of allylic oxidation sites excluding steroid dienone is 2. The number of nitrogens with one attached hydrogen (secondary N) is 2. The van der Waals surface area contributed by atoms with Gasteiger partial charge in [0.15, 0.2) is 0 Å². The van der Waals surface area contributed by atoms with Gasteiger partial charge in [-0.2, -0.15) is 0 Å². The lowest BCUT2D eigenvalue weighted by Gasteiger charge is -2.15. The van der Waals surface area contributed by atoms with E-state index in [4.69, 9.17) is 0 Å². The molecule has 6 heteroatoms. The molecule has 2 N–H and O–H groups in total. The van der Waals surface area contributed by atoms with E-state index < -0.39 is 0 Å². The average molecular weight is 435 g/mol. The number of pyridine rings is 2. The van der Waals surface area contributed by atoms with Crippen LogP contribution in [0.3, 0.4) is 0 Å². The summed E-state index contributed by atoms with van der Waals surface area (Å²) < 4.78 is 1.60. The molecule has 6 nitrogen and oxygen atoms in total. The quantitative estimate of drug-likeness (QED) is 0.622. The van der Waals surface area contributed by atoms with Gasteiger partial charge in [-0.15, -0.1) is 0 Å². The van der Waals surface area contributed by atoms with Crippen molar-refractivity contribution in [2.75, 3.05) is 7.05 Å². The molecule has 0 unspecified atom stereocenters. The van der Waals surface area contributed by atoms with E-state index in [1.165, 1.54) is 0 Å². The molecule has 32 heavy (non-hydrogen) atoms. The second-order valence-corrected chi connectivity index (χ2v) is 8.69. The van der Waals surface area contributed by atoms with Gasteiger partial charge in [0.25, 0.3) is 11.5 Å². The van der Waals surface area contributed by atoms with Crippen LogP contribution in [0.25, 0.3) is 11.8 Å². The van der Waals surface area contributed by atoms with Crippen LogP contribution < -0.4 is 16.2 Å². The monoisotopic (exact) mass is 434 g/mol. The third-order valence-corrected chi connectivity index (χ3v) is 5.49.